The molecule has 7 nitrogen and oxygen atoms in total. The van der Waals surface area contributed by atoms with Crippen molar-refractivity contribution in [3.05, 3.63) is 57.6 Å². The molecular formula is C51H91O7P. The third kappa shape index (κ3) is 17.2. The van der Waals surface area contributed by atoms with Crippen molar-refractivity contribution >= 4 is 8.60 Å². The molecule has 0 saturated heterocycles. The van der Waals surface area contributed by atoms with Crippen molar-refractivity contribution in [1.82, 2.24) is 0 Å². The molecule has 0 amide bonds. The van der Waals surface area contributed by atoms with Crippen LogP contribution in [0.25, 0.3) is 0 Å². The molecule has 0 aliphatic rings. The lowest BCUT2D eigenvalue weighted by atomic mass is 9.68. The van der Waals surface area contributed by atoms with Gasteiger partial charge in [0.25, 0.3) is 0 Å². The van der Waals surface area contributed by atoms with Crippen molar-refractivity contribution in [3.63, 3.8) is 0 Å². The monoisotopic (exact) mass is 847 g/mol. The van der Waals surface area contributed by atoms with E-state index in [-0.39, 0.29) is 43.3 Å². The van der Waals surface area contributed by atoms with Gasteiger partial charge in [0.1, 0.15) is 11.5 Å². The Bertz CT molecular complexity index is 1410. The second-order valence-electron chi connectivity index (χ2n) is 25.4. The normalized spacial score (nSPS) is 14.0. The van der Waals surface area contributed by atoms with E-state index in [1.54, 1.807) is 0 Å². The van der Waals surface area contributed by atoms with Crippen molar-refractivity contribution in [2.75, 3.05) is 26.4 Å². The topological polar surface area (TPSA) is 120 Å². The van der Waals surface area contributed by atoms with E-state index in [0.29, 0.717) is 0 Å². The van der Waals surface area contributed by atoms with Crippen molar-refractivity contribution in [3.8, 4) is 11.5 Å². The van der Waals surface area contributed by atoms with Crippen LogP contribution in [0, 0.1) is 40.9 Å². The van der Waals surface area contributed by atoms with Crippen LogP contribution in [0.3, 0.4) is 0 Å². The summed E-state index contributed by atoms with van der Waals surface area (Å²) < 4.78 is 13.8. The first-order valence-corrected chi connectivity index (χ1v) is 22.9. The largest absolute Gasteiger partial charge is 0.460 e. The molecule has 0 aromatic heterocycles. The summed E-state index contributed by atoms with van der Waals surface area (Å²) in [6.45, 7) is 48.9. The predicted molar refractivity (Wildman–Crippen MR) is 252 cm³/mol. The van der Waals surface area contributed by atoms with Crippen molar-refractivity contribution < 1.29 is 34.4 Å². The van der Waals surface area contributed by atoms with Gasteiger partial charge in [-0.2, -0.15) is 0 Å². The smallest absolute Gasteiger partial charge is 0.417 e. The minimum atomic E-state index is -2.34. The Kier molecular flexibility index (Phi) is 18.5. The second kappa shape index (κ2) is 19.8. The zero-order valence-electron chi connectivity index (χ0n) is 42.0. The molecule has 0 spiro atoms. The van der Waals surface area contributed by atoms with Crippen LogP contribution in [0.5, 0.6) is 11.5 Å². The van der Waals surface area contributed by atoms with Crippen LogP contribution in [0.2, 0.25) is 0 Å². The third-order valence-corrected chi connectivity index (χ3v) is 11.6. The van der Waals surface area contributed by atoms with Crippen molar-refractivity contribution in [2.24, 2.45) is 27.1 Å². The maximum absolute atomic E-state index is 12.2. The van der Waals surface area contributed by atoms with Crippen molar-refractivity contribution in [2.45, 2.75) is 200 Å². The van der Waals surface area contributed by atoms with Crippen molar-refractivity contribution in [1.29, 1.82) is 0 Å². The summed E-state index contributed by atoms with van der Waals surface area (Å²) in [7, 11) is -2.34. The summed E-state index contributed by atoms with van der Waals surface area (Å²) in [6.07, 6.45) is 3.88. The number of aliphatic hydroxyl groups is 4. The Morgan fingerprint density at radius 2 is 0.576 bits per heavy atom. The molecule has 0 saturated carbocycles. The first kappa shape index (κ1) is 55.3. The molecular weight excluding hydrogens is 756 g/mol. The summed E-state index contributed by atoms with van der Waals surface area (Å²) in [6, 6.07) is 9.12. The zero-order chi connectivity index (χ0) is 46.6. The van der Waals surface area contributed by atoms with Gasteiger partial charge in [-0.05, 0) is 82.9 Å². The van der Waals surface area contributed by atoms with E-state index < -0.39 is 40.4 Å². The third-order valence-electron chi connectivity index (χ3n) is 11.0. The maximum Gasteiger partial charge on any atom is 0.460 e. The van der Waals surface area contributed by atoms with Gasteiger partial charge in [0, 0.05) is 22.3 Å². The van der Waals surface area contributed by atoms with Gasteiger partial charge in [-0.25, -0.2) is 0 Å². The van der Waals surface area contributed by atoms with E-state index in [2.05, 4.69) is 177 Å². The van der Waals surface area contributed by atoms with E-state index in [0.717, 1.165) is 59.4 Å². The fourth-order valence-electron chi connectivity index (χ4n) is 9.91. The quantitative estimate of drug-likeness (QED) is 0.107. The SMILES string of the molecule is Cc1cc(C(C)(C)CC(C)(C)C)c(OP(O)Oc2c(C(C)(C)CC(C)(C)C)cc(C)cc2C(C)(C)CC(C)(C)C)c(C(C)(C)CC(C)(C)C)c1.OCC(CO)(CO)CO. The van der Waals surface area contributed by atoms with Crippen LogP contribution in [0.4, 0.5) is 0 Å². The van der Waals surface area contributed by atoms with Gasteiger partial charge in [-0.1, -0.05) is 174 Å². The summed E-state index contributed by atoms with van der Waals surface area (Å²) in [5.41, 5.74) is 5.49. The number of hydrogen-bond acceptors (Lipinski definition) is 7. The average molecular weight is 847 g/mol. The van der Waals surface area contributed by atoms with E-state index >= 15 is 0 Å². The lowest BCUT2D eigenvalue weighted by molar-refractivity contribution is -0.0328. The van der Waals surface area contributed by atoms with Gasteiger partial charge in [0.2, 0.25) is 0 Å². The molecule has 0 radical (unpaired) electrons. The number of benzene rings is 2. The Morgan fingerprint density at radius 3 is 0.712 bits per heavy atom. The minimum absolute atomic E-state index is 0.106. The van der Waals surface area contributed by atoms with Gasteiger partial charge in [-0.15, -0.1) is 0 Å². The molecule has 59 heavy (non-hydrogen) atoms. The number of rotatable bonds is 16. The van der Waals surface area contributed by atoms with Gasteiger partial charge < -0.3 is 34.4 Å². The van der Waals surface area contributed by atoms with E-state index in [1.165, 1.54) is 11.1 Å². The minimum Gasteiger partial charge on any atom is -0.417 e. The zero-order valence-corrected chi connectivity index (χ0v) is 42.9. The van der Waals surface area contributed by atoms with Crippen LogP contribution in [0.15, 0.2) is 24.3 Å². The molecule has 0 bridgehead atoms. The second-order valence-corrected chi connectivity index (χ2v) is 26.3. The summed E-state index contributed by atoms with van der Waals surface area (Å²) in [5, 5.41) is 34.0. The fourth-order valence-corrected chi connectivity index (χ4v) is 10.7. The molecule has 0 atom stereocenters. The molecule has 0 aliphatic heterocycles. The number of aliphatic hydroxyl groups excluding tert-OH is 4. The molecule has 0 aliphatic carbocycles. The predicted octanol–water partition coefficient (Wildman–Crippen LogP) is 12.8. The highest BCUT2D eigenvalue weighted by atomic mass is 31.2. The van der Waals surface area contributed by atoms with Gasteiger partial charge >= 0.3 is 8.60 Å². The standard InChI is InChI=1S/C46H79O3P.C5H12O4/c1-31-23-33(43(15,16)27-39(3,4)5)37(34(24-31)44(17,18)28-40(6,7)8)48-50(47)49-38-35(45(19,20)29-41(9,10)11)25-32(2)26-36(38)46(21,22)30-42(12,13)14;6-1-5(2-7,3-8)4-9/h23-26,47H,27-30H2,1-22H3;6-9H,1-4H2. The molecule has 2 rings (SSSR count). The van der Waals surface area contributed by atoms with Crippen LogP contribution in [0.1, 0.15) is 198 Å². The Hall–Kier alpha value is -1.73. The molecule has 0 unspecified atom stereocenters. The highest BCUT2D eigenvalue weighted by Crippen LogP contribution is 2.54. The Balaban J connectivity index is 0.00000172. The molecule has 5 N–H and O–H groups in total. The van der Waals surface area contributed by atoms with Crippen LogP contribution >= 0.6 is 8.60 Å². The van der Waals surface area contributed by atoms with E-state index in [1.807, 2.05) is 0 Å². The fraction of sp³-hybridized carbons (Fsp3) is 0.765. The van der Waals surface area contributed by atoms with Crippen LogP contribution in [-0.2, 0) is 21.7 Å². The molecule has 2 aromatic rings. The molecule has 0 heterocycles. The lowest BCUT2D eigenvalue weighted by Gasteiger charge is -2.40. The van der Waals surface area contributed by atoms with Crippen LogP contribution < -0.4 is 9.05 Å². The highest BCUT2D eigenvalue weighted by molar-refractivity contribution is 7.41. The van der Waals surface area contributed by atoms with Gasteiger partial charge in [0.15, 0.2) is 0 Å². The molecule has 8 heteroatoms. The lowest BCUT2D eigenvalue weighted by Crippen LogP contribution is -2.37. The summed E-state index contributed by atoms with van der Waals surface area (Å²) in [4.78, 5) is 12.2. The highest BCUT2D eigenvalue weighted by Gasteiger charge is 2.40. The Labute approximate surface area is 364 Å². The van der Waals surface area contributed by atoms with Gasteiger partial charge in [0.05, 0.1) is 31.8 Å². The number of aryl methyl sites for hydroxylation is 2. The van der Waals surface area contributed by atoms with E-state index in [9.17, 15) is 4.89 Å². The van der Waals surface area contributed by atoms with E-state index in [4.69, 9.17) is 29.5 Å². The van der Waals surface area contributed by atoms with Crippen LogP contribution in [-0.4, -0.2) is 51.7 Å². The Morgan fingerprint density at radius 1 is 0.390 bits per heavy atom. The maximum atomic E-state index is 12.2. The first-order valence-electron chi connectivity index (χ1n) is 21.8. The van der Waals surface area contributed by atoms with Gasteiger partial charge in [-0.3, -0.25) is 0 Å². The average Bonchev–Trinajstić information content (AvgIpc) is 2.99. The summed E-state index contributed by atoms with van der Waals surface area (Å²) in [5.74, 6) is 1.57. The molecule has 0 fully saturated rings. The molecule has 2 aromatic carbocycles. The number of hydrogen-bond donors (Lipinski definition) is 5. The summed E-state index contributed by atoms with van der Waals surface area (Å²) >= 11 is 0. The molecule has 342 valence electrons. The first-order chi connectivity index (χ1) is 26.2.